The number of rotatable bonds is 5. The Bertz CT molecular complexity index is 778. The fourth-order valence-corrected chi connectivity index (χ4v) is 6.26. The van der Waals surface area contributed by atoms with Crippen LogP contribution in [-0.4, -0.2) is 23.5 Å². The summed E-state index contributed by atoms with van der Waals surface area (Å²) in [6.45, 7) is 3.42. The molecule has 2 atom stereocenters. The van der Waals surface area contributed by atoms with E-state index < -0.39 is 29.6 Å². The Hall–Kier alpha value is -2.02. The first kappa shape index (κ1) is 20.3. The molecule has 5 rings (SSSR count). The summed E-state index contributed by atoms with van der Waals surface area (Å²) < 4.78 is 27.0. The van der Waals surface area contributed by atoms with Gasteiger partial charge in [-0.05, 0) is 82.3 Å². The predicted octanol–water partition coefficient (Wildman–Crippen LogP) is 2.77. The minimum atomic E-state index is -0.638. The van der Waals surface area contributed by atoms with Gasteiger partial charge in [0.15, 0.2) is 6.04 Å². The second-order valence-electron chi connectivity index (χ2n) is 9.58. The molecule has 158 valence electrons. The molecule has 5 nitrogen and oxygen atoms in total. The van der Waals surface area contributed by atoms with Crippen molar-refractivity contribution < 1.29 is 23.7 Å². The van der Waals surface area contributed by atoms with Gasteiger partial charge in [-0.15, -0.1) is 0 Å². The summed E-state index contributed by atoms with van der Waals surface area (Å²) in [5, 5.41) is 7.26. The van der Waals surface area contributed by atoms with Gasteiger partial charge in [-0.25, -0.2) is 13.6 Å². The molecule has 0 spiro atoms. The molecule has 0 saturated heterocycles. The van der Waals surface area contributed by atoms with E-state index in [4.69, 9.17) is 0 Å². The number of halogens is 2. The largest absolute Gasteiger partial charge is 0.332 e. The van der Waals surface area contributed by atoms with Gasteiger partial charge in [0.2, 0.25) is 0 Å². The molecule has 7 heteroatoms. The van der Waals surface area contributed by atoms with Gasteiger partial charge in [0.25, 0.3) is 5.91 Å². The quantitative estimate of drug-likeness (QED) is 0.703. The number of hydrogen-bond donors (Lipinski definition) is 3. The van der Waals surface area contributed by atoms with E-state index in [1.165, 1.54) is 31.4 Å². The summed E-state index contributed by atoms with van der Waals surface area (Å²) in [5.74, 6) is 0.427. The molecular formula is C22H30F2N3O2+. The third-order valence-corrected chi connectivity index (χ3v) is 7.10. The van der Waals surface area contributed by atoms with Gasteiger partial charge < -0.3 is 10.6 Å². The van der Waals surface area contributed by atoms with Crippen LogP contribution in [0.1, 0.15) is 64.0 Å². The van der Waals surface area contributed by atoms with E-state index in [-0.39, 0.29) is 11.6 Å². The first-order chi connectivity index (χ1) is 13.7. The highest BCUT2D eigenvalue weighted by Gasteiger charge is 2.51. The molecular weight excluding hydrogens is 376 g/mol. The number of benzene rings is 1. The van der Waals surface area contributed by atoms with Crippen molar-refractivity contribution in [1.29, 1.82) is 0 Å². The fourth-order valence-electron chi connectivity index (χ4n) is 6.26. The molecule has 1 aromatic carbocycles. The van der Waals surface area contributed by atoms with E-state index >= 15 is 0 Å². The molecule has 0 unspecified atom stereocenters. The van der Waals surface area contributed by atoms with Crippen LogP contribution in [0.4, 0.5) is 13.6 Å². The Morgan fingerprint density at radius 2 is 1.66 bits per heavy atom. The smallest absolute Gasteiger partial charge is 0.322 e. The number of amides is 3. The Morgan fingerprint density at radius 3 is 2.21 bits per heavy atom. The number of quaternary nitrogens is 1. The third-order valence-electron chi connectivity index (χ3n) is 7.10. The van der Waals surface area contributed by atoms with E-state index in [0.29, 0.717) is 23.3 Å². The Labute approximate surface area is 170 Å². The zero-order valence-electron chi connectivity index (χ0n) is 17.0. The normalized spacial score (nSPS) is 31.9. The lowest BCUT2D eigenvalue weighted by molar-refractivity contribution is -0.710. The van der Waals surface area contributed by atoms with Crippen LogP contribution in [0.2, 0.25) is 0 Å². The summed E-state index contributed by atoms with van der Waals surface area (Å²) >= 11 is 0. The molecule has 4 fully saturated rings. The van der Waals surface area contributed by atoms with Gasteiger partial charge in [0.05, 0.1) is 0 Å². The van der Waals surface area contributed by atoms with Gasteiger partial charge in [-0.2, -0.15) is 0 Å². The summed E-state index contributed by atoms with van der Waals surface area (Å²) in [6, 6.07) is 2.02. The minimum absolute atomic E-state index is 0.156. The molecule has 0 aromatic heterocycles. The van der Waals surface area contributed by atoms with E-state index in [0.717, 1.165) is 25.3 Å². The number of carbonyl (C=O) groups excluding carboxylic acids is 2. The molecule has 29 heavy (non-hydrogen) atoms. The maximum Gasteiger partial charge on any atom is 0.322 e. The SMILES string of the molecule is C[C@@H]([NH2+][C@H](C)c1ccc(F)cc1F)C(=O)NC(=O)NC12CC3CC(CC(C3)C1)C2. The molecule has 0 radical (unpaired) electrons. The zero-order chi connectivity index (χ0) is 20.8. The second-order valence-corrected chi connectivity index (χ2v) is 9.58. The lowest BCUT2D eigenvalue weighted by Crippen LogP contribution is -2.92. The molecule has 4 aliphatic carbocycles. The summed E-state index contributed by atoms with van der Waals surface area (Å²) in [4.78, 5) is 25.0. The standard InChI is InChI=1S/C22H29F2N3O2/c1-12(18-4-3-17(23)8-19(18)24)25-13(2)20(28)26-21(29)27-22-9-14-5-15(10-22)7-16(6-14)11-22/h3-4,8,12-16,25H,5-7,9-11H2,1-2H3,(H2,26,27,28,29)/p+1/t12-,13-,14?,15?,16?,22?/m1/s1. The zero-order valence-corrected chi connectivity index (χ0v) is 17.0. The number of hydrogen-bond acceptors (Lipinski definition) is 2. The van der Waals surface area contributed by atoms with E-state index in [1.807, 2.05) is 0 Å². The molecule has 0 heterocycles. The minimum Gasteiger partial charge on any atom is -0.332 e. The lowest BCUT2D eigenvalue weighted by Gasteiger charge is -2.56. The predicted molar refractivity (Wildman–Crippen MR) is 104 cm³/mol. The molecule has 4 bridgehead atoms. The van der Waals surface area contributed by atoms with Crippen LogP contribution in [-0.2, 0) is 4.79 Å². The van der Waals surface area contributed by atoms with Crippen molar-refractivity contribution in [2.75, 3.05) is 0 Å². The van der Waals surface area contributed by atoms with E-state index in [9.17, 15) is 18.4 Å². The number of carbonyl (C=O) groups is 2. The highest BCUT2D eigenvalue weighted by Crippen LogP contribution is 2.55. The molecule has 1 aromatic rings. The van der Waals surface area contributed by atoms with Crippen LogP contribution in [0.3, 0.4) is 0 Å². The molecule has 4 saturated carbocycles. The van der Waals surface area contributed by atoms with Crippen molar-refractivity contribution in [3.8, 4) is 0 Å². The van der Waals surface area contributed by atoms with Gasteiger partial charge in [-0.1, -0.05) is 0 Å². The Morgan fingerprint density at radius 1 is 1.07 bits per heavy atom. The van der Waals surface area contributed by atoms with Crippen LogP contribution >= 0.6 is 0 Å². The van der Waals surface area contributed by atoms with Crippen molar-refractivity contribution >= 4 is 11.9 Å². The first-order valence-electron chi connectivity index (χ1n) is 10.7. The van der Waals surface area contributed by atoms with Crippen molar-refractivity contribution in [3.05, 3.63) is 35.4 Å². The highest BCUT2D eigenvalue weighted by molar-refractivity contribution is 5.96. The van der Waals surface area contributed by atoms with Crippen LogP contribution < -0.4 is 16.0 Å². The monoisotopic (exact) mass is 406 g/mol. The van der Waals surface area contributed by atoms with Gasteiger partial charge in [0.1, 0.15) is 17.7 Å². The van der Waals surface area contributed by atoms with E-state index in [1.54, 1.807) is 19.2 Å². The molecule has 4 aliphatic rings. The molecule has 3 amide bonds. The summed E-state index contributed by atoms with van der Waals surface area (Å²) in [7, 11) is 0. The number of urea groups is 1. The third kappa shape index (κ3) is 4.29. The van der Waals surface area contributed by atoms with Crippen LogP contribution in [0.25, 0.3) is 0 Å². The van der Waals surface area contributed by atoms with Crippen LogP contribution in [0.15, 0.2) is 18.2 Å². The van der Waals surface area contributed by atoms with Crippen LogP contribution in [0, 0.1) is 29.4 Å². The molecule has 4 N–H and O–H groups in total. The van der Waals surface area contributed by atoms with Gasteiger partial charge in [-0.3, -0.25) is 10.1 Å². The second kappa shape index (κ2) is 7.67. The van der Waals surface area contributed by atoms with Gasteiger partial charge >= 0.3 is 6.03 Å². The maximum atomic E-state index is 14.0. The summed E-state index contributed by atoms with van der Waals surface area (Å²) in [6.07, 6.45) is 6.90. The number of nitrogens with one attached hydrogen (secondary N) is 2. The topological polar surface area (TPSA) is 74.8 Å². The van der Waals surface area contributed by atoms with Crippen LogP contribution in [0.5, 0.6) is 0 Å². The van der Waals surface area contributed by atoms with E-state index in [2.05, 4.69) is 10.6 Å². The average Bonchev–Trinajstić information content (AvgIpc) is 2.59. The summed E-state index contributed by atoms with van der Waals surface area (Å²) in [5.41, 5.74) is 0.167. The fraction of sp³-hybridized carbons (Fsp3) is 0.636. The van der Waals surface area contributed by atoms with Crippen molar-refractivity contribution in [2.24, 2.45) is 17.8 Å². The number of nitrogens with two attached hydrogens (primary N) is 1. The van der Waals surface area contributed by atoms with Crippen molar-refractivity contribution in [3.63, 3.8) is 0 Å². The molecule has 0 aliphatic heterocycles. The first-order valence-corrected chi connectivity index (χ1v) is 10.7. The lowest BCUT2D eigenvalue weighted by atomic mass is 9.53. The van der Waals surface area contributed by atoms with Gasteiger partial charge in [0, 0.05) is 17.2 Å². The van der Waals surface area contributed by atoms with Crippen molar-refractivity contribution in [2.45, 2.75) is 70.0 Å². The Balaban J connectivity index is 1.31. The maximum absolute atomic E-state index is 14.0. The average molecular weight is 406 g/mol. The number of imide groups is 1. The highest BCUT2D eigenvalue weighted by atomic mass is 19.1. The Kier molecular flexibility index (Phi) is 5.36. The van der Waals surface area contributed by atoms with Crippen molar-refractivity contribution in [1.82, 2.24) is 10.6 Å².